The zero-order valence-corrected chi connectivity index (χ0v) is 12.2. The van der Waals surface area contributed by atoms with Crippen LogP contribution in [0.5, 0.6) is 0 Å². The molecule has 1 heterocycles. The maximum atomic E-state index is 11.8. The molecule has 0 unspecified atom stereocenters. The van der Waals surface area contributed by atoms with Gasteiger partial charge in [0.1, 0.15) is 11.3 Å². The van der Waals surface area contributed by atoms with Gasteiger partial charge in [0, 0.05) is 12.8 Å². The third-order valence-electron chi connectivity index (χ3n) is 3.48. The SMILES string of the molecule is CS(=O)(=O)c1cccc2c1nc(CCl)n2CC1CC1. The first-order chi connectivity index (χ1) is 9.00. The number of hydrogen-bond acceptors (Lipinski definition) is 3. The average Bonchev–Trinajstić information content (AvgIpc) is 3.09. The highest BCUT2D eigenvalue weighted by Crippen LogP contribution is 2.33. The Labute approximate surface area is 117 Å². The van der Waals surface area contributed by atoms with Gasteiger partial charge < -0.3 is 4.57 Å². The van der Waals surface area contributed by atoms with Crippen molar-refractivity contribution in [2.45, 2.75) is 30.2 Å². The monoisotopic (exact) mass is 298 g/mol. The Morgan fingerprint density at radius 1 is 1.42 bits per heavy atom. The highest BCUT2D eigenvalue weighted by Gasteiger charge is 2.25. The molecule has 0 bridgehead atoms. The molecule has 6 heteroatoms. The number of alkyl halides is 1. The zero-order valence-electron chi connectivity index (χ0n) is 10.6. The molecule has 3 rings (SSSR count). The summed E-state index contributed by atoms with van der Waals surface area (Å²) in [6.45, 7) is 0.881. The third-order valence-corrected chi connectivity index (χ3v) is 4.85. The summed E-state index contributed by atoms with van der Waals surface area (Å²) >= 11 is 5.94. The second-order valence-corrected chi connectivity index (χ2v) is 7.36. The predicted molar refractivity (Wildman–Crippen MR) is 75.1 cm³/mol. The minimum absolute atomic E-state index is 0.283. The van der Waals surface area contributed by atoms with Crippen LogP contribution < -0.4 is 0 Å². The molecule has 0 saturated heterocycles. The maximum Gasteiger partial charge on any atom is 0.177 e. The van der Waals surface area contributed by atoms with Crippen molar-refractivity contribution in [3.63, 3.8) is 0 Å². The number of benzene rings is 1. The van der Waals surface area contributed by atoms with Crippen molar-refractivity contribution in [1.82, 2.24) is 9.55 Å². The van der Waals surface area contributed by atoms with Gasteiger partial charge in [-0.3, -0.25) is 0 Å². The number of hydrogen-bond donors (Lipinski definition) is 0. The number of sulfone groups is 1. The average molecular weight is 299 g/mol. The fourth-order valence-corrected chi connectivity index (χ4v) is 3.36. The van der Waals surface area contributed by atoms with Crippen LogP contribution in [0.2, 0.25) is 0 Å². The first-order valence-electron chi connectivity index (χ1n) is 6.25. The molecule has 1 saturated carbocycles. The lowest BCUT2D eigenvalue weighted by Crippen LogP contribution is -2.04. The molecule has 0 aliphatic heterocycles. The molecule has 0 spiro atoms. The van der Waals surface area contributed by atoms with E-state index >= 15 is 0 Å². The van der Waals surface area contributed by atoms with Crippen LogP contribution in [0.3, 0.4) is 0 Å². The van der Waals surface area contributed by atoms with Crippen LogP contribution in [0.1, 0.15) is 18.7 Å². The lowest BCUT2D eigenvalue weighted by Gasteiger charge is -2.06. The lowest BCUT2D eigenvalue weighted by atomic mass is 10.3. The number of imidazole rings is 1. The summed E-state index contributed by atoms with van der Waals surface area (Å²) in [4.78, 5) is 4.71. The molecule has 2 aromatic rings. The van der Waals surface area contributed by atoms with Crippen molar-refractivity contribution in [3.8, 4) is 0 Å². The first-order valence-corrected chi connectivity index (χ1v) is 8.67. The van der Waals surface area contributed by atoms with Crippen LogP contribution in [0.15, 0.2) is 23.1 Å². The van der Waals surface area contributed by atoms with Crippen molar-refractivity contribution >= 4 is 32.5 Å². The van der Waals surface area contributed by atoms with E-state index in [1.165, 1.54) is 19.1 Å². The summed E-state index contributed by atoms with van der Waals surface area (Å²) in [5, 5.41) is 0. The Morgan fingerprint density at radius 3 is 2.74 bits per heavy atom. The summed E-state index contributed by atoms with van der Waals surface area (Å²) in [5.41, 5.74) is 1.41. The summed E-state index contributed by atoms with van der Waals surface area (Å²) in [6, 6.07) is 5.28. The van der Waals surface area contributed by atoms with Crippen molar-refractivity contribution in [2.24, 2.45) is 5.92 Å². The van der Waals surface area contributed by atoms with Crippen LogP contribution in [-0.2, 0) is 22.3 Å². The fourth-order valence-electron chi connectivity index (χ4n) is 2.33. The number of nitrogens with zero attached hydrogens (tertiary/aromatic N) is 2. The molecule has 0 radical (unpaired) electrons. The molecule has 1 aliphatic carbocycles. The molecule has 1 aliphatic rings. The van der Waals surface area contributed by atoms with E-state index in [2.05, 4.69) is 9.55 Å². The molecule has 4 nitrogen and oxygen atoms in total. The van der Waals surface area contributed by atoms with E-state index in [1.807, 2.05) is 6.07 Å². The Hall–Kier alpha value is -1.07. The topological polar surface area (TPSA) is 52.0 Å². The number of rotatable bonds is 4. The molecule has 1 aromatic carbocycles. The normalized spacial score (nSPS) is 16.1. The third kappa shape index (κ3) is 2.37. The van der Waals surface area contributed by atoms with Crippen LogP contribution in [0, 0.1) is 5.92 Å². The Morgan fingerprint density at radius 2 is 2.16 bits per heavy atom. The summed E-state index contributed by atoms with van der Waals surface area (Å²) in [6.07, 6.45) is 3.67. The van der Waals surface area contributed by atoms with E-state index in [4.69, 9.17) is 11.6 Å². The zero-order chi connectivity index (χ0) is 13.6. The Bertz CT molecular complexity index is 732. The van der Waals surface area contributed by atoms with Crippen LogP contribution >= 0.6 is 11.6 Å². The Balaban J connectivity index is 2.25. The van der Waals surface area contributed by atoms with Gasteiger partial charge >= 0.3 is 0 Å². The van der Waals surface area contributed by atoms with Gasteiger partial charge in [-0.2, -0.15) is 0 Å². The molecule has 1 aromatic heterocycles. The van der Waals surface area contributed by atoms with Crippen molar-refractivity contribution in [2.75, 3.05) is 6.26 Å². The molecule has 0 N–H and O–H groups in total. The summed E-state index contributed by atoms with van der Waals surface area (Å²) in [5.74, 6) is 1.73. The molecule has 102 valence electrons. The van der Waals surface area contributed by atoms with E-state index < -0.39 is 9.84 Å². The molecule has 0 atom stereocenters. The quantitative estimate of drug-likeness (QED) is 0.815. The van der Waals surface area contributed by atoms with Gasteiger partial charge in [0.15, 0.2) is 9.84 Å². The van der Waals surface area contributed by atoms with Gasteiger partial charge in [-0.15, -0.1) is 11.6 Å². The van der Waals surface area contributed by atoms with E-state index in [-0.39, 0.29) is 4.90 Å². The van der Waals surface area contributed by atoms with Gasteiger partial charge in [-0.1, -0.05) is 6.07 Å². The van der Waals surface area contributed by atoms with Crippen molar-refractivity contribution in [1.29, 1.82) is 0 Å². The van der Waals surface area contributed by atoms with Gasteiger partial charge in [0.05, 0.1) is 16.3 Å². The number of fused-ring (bicyclic) bond motifs is 1. The van der Waals surface area contributed by atoms with Gasteiger partial charge in [0.2, 0.25) is 0 Å². The van der Waals surface area contributed by atoms with Crippen LogP contribution in [-0.4, -0.2) is 24.2 Å². The second-order valence-electron chi connectivity index (χ2n) is 5.11. The van der Waals surface area contributed by atoms with E-state index in [0.717, 1.165) is 17.9 Å². The van der Waals surface area contributed by atoms with Gasteiger partial charge in [0.25, 0.3) is 0 Å². The number of halogens is 1. The highest BCUT2D eigenvalue weighted by molar-refractivity contribution is 7.91. The minimum atomic E-state index is -3.27. The molecular formula is C13H15ClN2O2S. The highest BCUT2D eigenvalue weighted by atomic mass is 35.5. The first kappa shape index (κ1) is 12.9. The van der Waals surface area contributed by atoms with Crippen molar-refractivity contribution in [3.05, 3.63) is 24.0 Å². The predicted octanol–water partition coefficient (Wildman–Crippen LogP) is 2.59. The molecule has 19 heavy (non-hydrogen) atoms. The summed E-state index contributed by atoms with van der Waals surface area (Å²) < 4.78 is 25.7. The van der Waals surface area contributed by atoms with E-state index in [0.29, 0.717) is 17.3 Å². The largest absolute Gasteiger partial charge is 0.327 e. The van der Waals surface area contributed by atoms with Gasteiger partial charge in [-0.05, 0) is 30.9 Å². The summed E-state index contributed by atoms with van der Waals surface area (Å²) in [7, 11) is -3.27. The van der Waals surface area contributed by atoms with E-state index in [1.54, 1.807) is 12.1 Å². The van der Waals surface area contributed by atoms with Gasteiger partial charge in [-0.25, -0.2) is 13.4 Å². The second kappa shape index (κ2) is 4.49. The molecular weight excluding hydrogens is 284 g/mol. The minimum Gasteiger partial charge on any atom is -0.327 e. The van der Waals surface area contributed by atoms with Crippen molar-refractivity contribution < 1.29 is 8.42 Å². The van der Waals surface area contributed by atoms with E-state index in [9.17, 15) is 8.42 Å². The fraction of sp³-hybridized carbons (Fsp3) is 0.462. The number of para-hydroxylation sites is 1. The lowest BCUT2D eigenvalue weighted by molar-refractivity contribution is 0.602. The molecule has 0 amide bonds. The maximum absolute atomic E-state index is 11.8. The smallest absolute Gasteiger partial charge is 0.177 e. The Kier molecular flexibility index (Phi) is 3.06. The molecule has 1 fully saturated rings. The van der Waals surface area contributed by atoms with Crippen LogP contribution in [0.4, 0.5) is 0 Å². The number of aromatic nitrogens is 2. The standard InChI is InChI=1S/C13H15ClN2O2S/c1-19(17,18)11-4-2-3-10-13(11)15-12(7-14)16(10)8-9-5-6-9/h2-4,9H,5-8H2,1H3. The van der Waals surface area contributed by atoms with Crippen LogP contribution in [0.25, 0.3) is 11.0 Å².